The number of rotatable bonds is 5. The van der Waals surface area contributed by atoms with E-state index in [2.05, 4.69) is 15.5 Å². The molecule has 32 heavy (non-hydrogen) atoms. The average Bonchev–Trinajstić information content (AvgIpc) is 3.27. The summed E-state index contributed by atoms with van der Waals surface area (Å²) in [6, 6.07) is 19.4. The first kappa shape index (κ1) is 19.6. The van der Waals surface area contributed by atoms with Crippen molar-refractivity contribution in [1.29, 1.82) is 0 Å². The van der Waals surface area contributed by atoms with E-state index >= 15 is 0 Å². The van der Waals surface area contributed by atoms with Crippen LogP contribution in [0.3, 0.4) is 0 Å². The van der Waals surface area contributed by atoms with Crippen molar-refractivity contribution < 1.29 is 9.34 Å². The maximum atomic E-state index is 12.6. The zero-order chi connectivity index (χ0) is 22.1. The fraction of sp³-hybridized carbons (Fsp3) is 0. The van der Waals surface area contributed by atoms with Crippen LogP contribution < -0.4 is 11.1 Å². The first-order chi connectivity index (χ1) is 15.6. The molecule has 8 nitrogen and oxygen atoms in total. The lowest BCUT2D eigenvalue weighted by atomic mass is 10.0. The number of thiazole rings is 1. The van der Waals surface area contributed by atoms with Crippen LogP contribution in [0.1, 0.15) is 5.56 Å². The molecule has 1 N–H and O–H groups in total. The highest BCUT2D eigenvalue weighted by Crippen LogP contribution is 2.29. The second-order valence-electron chi connectivity index (χ2n) is 6.90. The van der Waals surface area contributed by atoms with E-state index in [1.165, 1.54) is 29.7 Å². The molecule has 0 aliphatic heterocycles. The molecule has 0 spiro atoms. The molecule has 2 aromatic heterocycles. The molecule has 0 unspecified atom stereocenters. The van der Waals surface area contributed by atoms with Crippen molar-refractivity contribution in [2.45, 2.75) is 0 Å². The molecule has 156 valence electrons. The van der Waals surface area contributed by atoms with Gasteiger partial charge in [0.1, 0.15) is 5.58 Å². The minimum Gasteiger partial charge on any atom is -0.422 e. The van der Waals surface area contributed by atoms with Crippen molar-refractivity contribution in [3.05, 3.63) is 98.2 Å². The van der Waals surface area contributed by atoms with E-state index in [9.17, 15) is 14.9 Å². The topological polar surface area (TPSA) is 111 Å². The molecule has 0 amide bonds. The molecule has 0 saturated heterocycles. The van der Waals surface area contributed by atoms with Gasteiger partial charge in [-0.3, -0.25) is 15.5 Å². The number of nitrogens with one attached hydrogen (secondary N) is 1. The van der Waals surface area contributed by atoms with Gasteiger partial charge in [0, 0.05) is 22.9 Å². The van der Waals surface area contributed by atoms with Crippen LogP contribution in [0, 0.1) is 10.1 Å². The number of nitro benzene ring substituents is 1. The predicted octanol–water partition coefficient (Wildman–Crippen LogP) is 5.42. The fourth-order valence-corrected chi connectivity index (χ4v) is 4.00. The molecular formula is C23H14N4O4S. The fourth-order valence-electron chi connectivity index (χ4n) is 3.34. The largest absolute Gasteiger partial charge is 0.422 e. The van der Waals surface area contributed by atoms with Crippen LogP contribution >= 0.6 is 11.3 Å². The molecule has 0 fully saturated rings. The normalized spacial score (nSPS) is 11.4. The number of nitro groups is 1. The van der Waals surface area contributed by atoms with Crippen LogP contribution in [0.5, 0.6) is 0 Å². The van der Waals surface area contributed by atoms with Crippen molar-refractivity contribution in [3.8, 4) is 11.3 Å². The van der Waals surface area contributed by atoms with Gasteiger partial charge in [0.2, 0.25) is 5.13 Å². The Morgan fingerprint density at radius 3 is 2.69 bits per heavy atom. The highest BCUT2D eigenvalue weighted by Gasteiger charge is 2.13. The van der Waals surface area contributed by atoms with Gasteiger partial charge in [-0.2, -0.15) is 5.10 Å². The number of anilines is 1. The molecule has 0 radical (unpaired) electrons. The second kappa shape index (κ2) is 8.05. The Balaban J connectivity index is 1.41. The molecule has 0 aliphatic rings. The molecule has 0 saturated carbocycles. The van der Waals surface area contributed by atoms with Gasteiger partial charge in [0.15, 0.2) is 0 Å². The number of benzene rings is 3. The molecule has 9 heteroatoms. The van der Waals surface area contributed by atoms with Gasteiger partial charge in [0.25, 0.3) is 5.69 Å². The summed E-state index contributed by atoms with van der Waals surface area (Å²) in [7, 11) is 0. The van der Waals surface area contributed by atoms with Crippen LogP contribution in [-0.2, 0) is 0 Å². The molecule has 2 heterocycles. The van der Waals surface area contributed by atoms with Gasteiger partial charge >= 0.3 is 5.63 Å². The Hall–Kier alpha value is -4.37. The summed E-state index contributed by atoms with van der Waals surface area (Å²) in [6.07, 6.45) is 1.53. The van der Waals surface area contributed by atoms with Crippen LogP contribution in [0.4, 0.5) is 10.8 Å². The van der Waals surface area contributed by atoms with Gasteiger partial charge in [-0.05, 0) is 40.6 Å². The van der Waals surface area contributed by atoms with Crippen LogP contribution in [0.2, 0.25) is 0 Å². The quantitative estimate of drug-likeness (QED) is 0.128. The van der Waals surface area contributed by atoms with Gasteiger partial charge < -0.3 is 4.42 Å². The van der Waals surface area contributed by atoms with E-state index in [0.29, 0.717) is 27.5 Å². The highest BCUT2D eigenvalue weighted by molar-refractivity contribution is 7.14. The first-order valence-electron chi connectivity index (χ1n) is 9.53. The Bertz CT molecular complexity index is 1550. The zero-order valence-corrected chi connectivity index (χ0v) is 17.2. The molecule has 5 aromatic rings. The standard InChI is InChI=1S/C23H14N4O4S/c28-22-19(11-18-17-4-2-1-3-15(17)7-10-21(18)31-22)20-13-32-23(25-20)26-24-12-14-5-8-16(9-6-14)27(29)30/h1-13H,(H,25,26)/b24-12+. The summed E-state index contributed by atoms with van der Waals surface area (Å²) in [4.78, 5) is 27.3. The minimum absolute atomic E-state index is 0.0154. The van der Waals surface area contributed by atoms with Gasteiger partial charge in [0.05, 0.1) is 22.4 Å². The van der Waals surface area contributed by atoms with E-state index in [-0.39, 0.29) is 5.69 Å². The Labute approximate surface area is 184 Å². The van der Waals surface area contributed by atoms with Crippen LogP contribution in [-0.4, -0.2) is 16.1 Å². The molecular weight excluding hydrogens is 428 g/mol. The van der Waals surface area contributed by atoms with Gasteiger partial charge in [-0.25, -0.2) is 9.78 Å². The monoisotopic (exact) mass is 442 g/mol. The molecule has 0 bridgehead atoms. The van der Waals surface area contributed by atoms with Crippen molar-refractivity contribution in [2.24, 2.45) is 5.10 Å². The highest BCUT2D eigenvalue weighted by atomic mass is 32.1. The molecule has 5 rings (SSSR count). The van der Waals surface area contributed by atoms with Gasteiger partial charge in [-0.15, -0.1) is 11.3 Å². The summed E-state index contributed by atoms with van der Waals surface area (Å²) in [5.41, 5.74) is 4.46. The van der Waals surface area contributed by atoms with Gasteiger partial charge in [-0.1, -0.05) is 30.3 Å². The number of hydrogen-bond donors (Lipinski definition) is 1. The lowest BCUT2D eigenvalue weighted by molar-refractivity contribution is -0.384. The predicted molar refractivity (Wildman–Crippen MR) is 125 cm³/mol. The Morgan fingerprint density at radius 1 is 1.06 bits per heavy atom. The number of hydrogen-bond acceptors (Lipinski definition) is 8. The van der Waals surface area contributed by atoms with Crippen molar-refractivity contribution in [1.82, 2.24) is 4.98 Å². The van der Waals surface area contributed by atoms with E-state index in [0.717, 1.165) is 16.2 Å². The second-order valence-corrected chi connectivity index (χ2v) is 7.76. The third-order valence-corrected chi connectivity index (χ3v) is 5.65. The molecule has 0 aliphatic carbocycles. The number of hydrazone groups is 1. The Kier molecular flexibility index (Phi) is 4.92. The SMILES string of the molecule is O=c1oc2ccc3ccccc3c2cc1-c1csc(N/N=C/c2ccc([N+](=O)[O-])cc2)n1. The Morgan fingerprint density at radius 2 is 1.88 bits per heavy atom. The van der Waals surface area contributed by atoms with E-state index in [1.807, 2.05) is 36.4 Å². The van der Waals surface area contributed by atoms with E-state index < -0.39 is 10.5 Å². The first-order valence-corrected chi connectivity index (χ1v) is 10.4. The zero-order valence-electron chi connectivity index (χ0n) is 16.4. The van der Waals surface area contributed by atoms with Crippen LogP contribution in [0.25, 0.3) is 33.0 Å². The minimum atomic E-state index is -0.459. The lowest BCUT2D eigenvalue weighted by Gasteiger charge is -2.04. The summed E-state index contributed by atoms with van der Waals surface area (Å²) < 4.78 is 5.54. The van der Waals surface area contributed by atoms with Crippen LogP contribution in [0.15, 0.2) is 86.4 Å². The van der Waals surface area contributed by atoms with Crippen molar-refractivity contribution >= 4 is 50.1 Å². The maximum absolute atomic E-state index is 12.6. The van der Waals surface area contributed by atoms with Crippen molar-refractivity contribution in [3.63, 3.8) is 0 Å². The lowest BCUT2D eigenvalue weighted by Crippen LogP contribution is -2.03. The average molecular weight is 442 g/mol. The summed E-state index contributed by atoms with van der Waals surface area (Å²) >= 11 is 1.30. The summed E-state index contributed by atoms with van der Waals surface area (Å²) in [5, 5.41) is 20.0. The molecule has 0 atom stereocenters. The molecule has 3 aromatic carbocycles. The number of aromatic nitrogens is 1. The van der Waals surface area contributed by atoms with Crippen molar-refractivity contribution in [2.75, 3.05) is 5.43 Å². The number of non-ortho nitro benzene ring substituents is 1. The number of nitrogens with zero attached hydrogens (tertiary/aromatic N) is 3. The third-order valence-electron chi connectivity index (χ3n) is 4.90. The van der Waals surface area contributed by atoms with E-state index in [4.69, 9.17) is 4.42 Å². The summed E-state index contributed by atoms with van der Waals surface area (Å²) in [6.45, 7) is 0. The smallest absolute Gasteiger partial charge is 0.345 e. The van der Waals surface area contributed by atoms with E-state index in [1.54, 1.807) is 23.6 Å². The maximum Gasteiger partial charge on any atom is 0.345 e. The number of fused-ring (bicyclic) bond motifs is 3. The summed E-state index contributed by atoms with van der Waals surface area (Å²) in [5.74, 6) is 0. The third kappa shape index (κ3) is 3.72.